The summed E-state index contributed by atoms with van der Waals surface area (Å²) in [6.07, 6.45) is 3.69. The molecule has 4 nitrogen and oxygen atoms in total. The Balaban J connectivity index is 2.39. The van der Waals surface area contributed by atoms with E-state index in [-0.39, 0.29) is 0 Å². The van der Waals surface area contributed by atoms with Gasteiger partial charge in [0.1, 0.15) is 11.8 Å². The van der Waals surface area contributed by atoms with Crippen LogP contribution in [0.3, 0.4) is 0 Å². The Labute approximate surface area is 83.8 Å². The summed E-state index contributed by atoms with van der Waals surface area (Å²) in [6.45, 7) is 1.60. The Kier molecular flexibility index (Phi) is 4.45. The van der Waals surface area contributed by atoms with Crippen LogP contribution in [-0.2, 0) is 0 Å². The normalized spacial score (nSPS) is 9.43. The fourth-order valence-electron chi connectivity index (χ4n) is 1.10. The lowest BCUT2D eigenvalue weighted by Crippen LogP contribution is -2.05. The fraction of sp³-hybridized carbons (Fsp3) is 0.400. The molecule has 0 radical (unpaired) electrons. The largest absolute Gasteiger partial charge is 0.385 e. The summed E-state index contributed by atoms with van der Waals surface area (Å²) in [5, 5.41) is 11.8. The number of nitrogens with two attached hydrogens (primary N) is 1. The van der Waals surface area contributed by atoms with Gasteiger partial charge in [0.25, 0.3) is 0 Å². The summed E-state index contributed by atoms with van der Waals surface area (Å²) in [6, 6.07) is 5.59. The third-order valence-corrected chi connectivity index (χ3v) is 1.83. The van der Waals surface area contributed by atoms with E-state index in [1.807, 2.05) is 12.1 Å². The van der Waals surface area contributed by atoms with Crippen molar-refractivity contribution in [1.29, 1.82) is 5.26 Å². The molecule has 1 rings (SSSR count). The SMILES string of the molecule is N#Cc1cc(NCCCCN)ccn1. The van der Waals surface area contributed by atoms with Crippen molar-refractivity contribution in [2.24, 2.45) is 5.73 Å². The molecule has 0 fully saturated rings. The minimum Gasteiger partial charge on any atom is -0.385 e. The number of hydrogen-bond acceptors (Lipinski definition) is 4. The molecule has 0 aliphatic rings. The van der Waals surface area contributed by atoms with Crippen LogP contribution in [0.4, 0.5) is 5.69 Å². The van der Waals surface area contributed by atoms with E-state index in [9.17, 15) is 0 Å². The molecule has 0 saturated carbocycles. The molecule has 74 valence electrons. The van der Waals surface area contributed by atoms with Crippen molar-refractivity contribution < 1.29 is 0 Å². The van der Waals surface area contributed by atoms with Crippen LogP contribution in [0.1, 0.15) is 18.5 Å². The van der Waals surface area contributed by atoms with E-state index < -0.39 is 0 Å². The van der Waals surface area contributed by atoms with Crippen LogP contribution in [0.2, 0.25) is 0 Å². The molecule has 0 aliphatic carbocycles. The molecule has 0 unspecified atom stereocenters. The molecule has 4 heteroatoms. The zero-order valence-corrected chi connectivity index (χ0v) is 8.03. The van der Waals surface area contributed by atoms with Crippen LogP contribution < -0.4 is 11.1 Å². The van der Waals surface area contributed by atoms with Crippen LogP contribution in [0.5, 0.6) is 0 Å². The fourth-order valence-corrected chi connectivity index (χ4v) is 1.10. The molecule has 0 saturated heterocycles. The average molecular weight is 190 g/mol. The van der Waals surface area contributed by atoms with Crippen LogP contribution in [0.25, 0.3) is 0 Å². The topological polar surface area (TPSA) is 74.7 Å². The smallest absolute Gasteiger partial charge is 0.142 e. The Morgan fingerprint density at radius 3 is 3.07 bits per heavy atom. The van der Waals surface area contributed by atoms with Gasteiger partial charge in [-0.1, -0.05) is 0 Å². The summed E-state index contributed by atoms with van der Waals surface area (Å²) in [4.78, 5) is 3.88. The highest BCUT2D eigenvalue weighted by Gasteiger charge is 1.94. The standard InChI is InChI=1S/C10H14N4/c11-4-1-2-5-13-9-3-6-14-10(7-9)8-12/h3,6-7H,1-2,4-5,11H2,(H,13,14). The van der Waals surface area contributed by atoms with Gasteiger partial charge in [0.2, 0.25) is 0 Å². The number of rotatable bonds is 5. The second-order valence-corrected chi connectivity index (χ2v) is 2.96. The van der Waals surface area contributed by atoms with E-state index in [4.69, 9.17) is 11.0 Å². The summed E-state index contributed by atoms with van der Waals surface area (Å²) in [7, 11) is 0. The Hall–Kier alpha value is -1.60. The minimum atomic E-state index is 0.439. The van der Waals surface area contributed by atoms with Crippen LogP contribution in [-0.4, -0.2) is 18.1 Å². The summed E-state index contributed by atoms with van der Waals surface area (Å²) >= 11 is 0. The van der Waals surface area contributed by atoms with Crippen LogP contribution in [0, 0.1) is 11.3 Å². The highest BCUT2D eigenvalue weighted by atomic mass is 14.9. The number of anilines is 1. The molecule has 14 heavy (non-hydrogen) atoms. The Bertz CT molecular complexity index is 316. The molecular formula is C10H14N4. The molecule has 1 heterocycles. The lowest BCUT2D eigenvalue weighted by Gasteiger charge is -2.04. The summed E-state index contributed by atoms with van der Waals surface area (Å²) in [5.74, 6) is 0. The van der Waals surface area contributed by atoms with E-state index >= 15 is 0 Å². The van der Waals surface area contributed by atoms with Gasteiger partial charge in [-0.2, -0.15) is 5.26 Å². The van der Waals surface area contributed by atoms with Gasteiger partial charge in [0.05, 0.1) is 0 Å². The first-order valence-electron chi connectivity index (χ1n) is 4.67. The zero-order chi connectivity index (χ0) is 10.2. The maximum absolute atomic E-state index is 8.61. The zero-order valence-electron chi connectivity index (χ0n) is 8.03. The summed E-state index contributed by atoms with van der Waals surface area (Å²) in [5.41, 5.74) is 6.75. The van der Waals surface area contributed by atoms with E-state index in [1.165, 1.54) is 0 Å². The minimum absolute atomic E-state index is 0.439. The van der Waals surface area contributed by atoms with E-state index in [2.05, 4.69) is 10.3 Å². The lowest BCUT2D eigenvalue weighted by atomic mass is 10.3. The number of nitrogens with one attached hydrogen (secondary N) is 1. The first-order chi connectivity index (χ1) is 6.86. The van der Waals surface area contributed by atoms with Crippen LogP contribution >= 0.6 is 0 Å². The first-order valence-corrected chi connectivity index (χ1v) is 4.67. The monoisotopic (exact) mass is 190 g/mol. The molecule has 0 spiro atoms. The highest BCUT2D eigenvalue weighted by Crippen LogP contribution is 2.06. The number of hydrogen-bond donors (Lipinski definition) is 2. The number of nitrogens with zero attached hydrogens (tertiary/aromatic N) is 2. The van der Waals surface area contributed by atoms with Crippen molar-refractivity contribution in [3.05, 3.63) is 24.0 Å². The highest BCUT2D eigenvalue weighted by molar-refractivity contribution is 5.45. The Morgan fingerprint density at radius 2 is 2.36 bits per heavy atom. The lowest BCUT2D eigenvalue weighted by molar-refractivity contribution is 0.774. The molecule has 0 aromatic carbocycles. The average Bonchev–Trinajstić information content (AvgIpc) is 2.25. The number of aromatic nitrogens is 1. The van der Waals surface area contributed by atoms with Gasteiger partial charge in [-0.15, -0.1) is 0 Å². The summed E-state index contributed by atoms with van der Waals surface area (Å²) < 4.78 is 0. The quantitative estimate of drug-likeness (QED) is 0.682. The molecule has 1 aromatic heterocycles. The van der Waals surface area contributed by atoms with Gasteiger partial charge in [-0.3, -0.25) is 0 Å². The second kappa shape index (κ2) is 5.95. The van der Waals surface area contributed by atoms with Gasteiger partial charge >= 0.3 is 0 Å². The number of nitriles is 1. The van der Waals surface area contributed by atoms with E-state index in [1.54, 1.807) is 12.3 Å². The van der Waals surface area contributed by atoms with Crippen molar-refractivity contribution in [2.75, 3.05) is 18.4 Å². The van der Waals surface area contributed by atoms with Gasteiger partial charge in [0, 0.05) is 18.4 Å². The molecule has 0 aliphatic heterocycles. The molecule has 3 N–H and O–H groups in total. The molecule has 0 atom stereocenters. The van der Waals surface area contributed by atoms with Crippen molar-refractivity contribution in [3.63, 3.8) is 0 Å². The molecule has 0 bridgehead atoms. The second-order valence-electron chi connectivity index (χ2n) is 2.96. The van der Waals surface area contributed by atoms with Crippen LogP contribution in [0.15, 0.2) is 18.3 Å². The van der Waals surface area contributed by atoms with Crippen molar-refractivity contribution in [3.8, 4) is 6.07 Å². The van der Waals surface area contributed by atoms with E-state index in [0.717, 1.165) is 31.6 Å². The molecule has 0 amide bonds. The van der Waals surface area contributed by atoms with E-state index in [0.29, 0.717) is 5.69 Å². The van der Waals surface area contributed by atoms with Gasteiger partial charge in [-0.25, -0.2) is 4.98 Å². The molecular weight excluding hydrogens is 176 g/mol. The van der Waals surface area contributed by atoms with Crippen molar-refractivity contribution in [2.45, 2.75) is 12.8 Å². The third kappa shape index (κ3) is 3.42. The van der Waals surface area contributed by atoms with Crippen molar-refractivity contribution in [1.82, 2.24) is 4.98 Å². The predicted molar refractivity (Wildman–Crippen MR) is 55.7 cm³/mol. The maximum atomic E-state index is 8.61. The number of unbranched alkanes of at least 4 members (excludes halogenated alkanes) is 1. The first kappa shape index (κ1) is 10.5. The van der Waals surface area contributed by atoms with Gasteiger partial charge < -0.3 is 11.1 Å². The molecule has 1 aromatic rings. The van der Waals surface area contributed by atoms with Crippen molar-refractivity contribution >= 4 is 5.69 Å². The predicted octanol–water partition coefficient (Wildman–Crippen LogP) is 1.10. The third-order valence-electron chi connectivity index (χ3n) is 1.83. The number of pyridine rings is 1. The Morgan fingerprint density at radius 1 is 1.50 bits per heavy atom. The van der Waals surface area contributed by atoms with Gasteiger partial charge in [0.15, 0.2) is 0 Å². The van der Waals surface area contributed by atoms with Gasteiger partial charge in [-0.05, 0) is 31.5 Å². The maximum Gasteiger partial charge on any atom is 0.142 e.